The molecule has 0 saturated carbocycles. The van der Waals surface area contributed by atoms with Gasteiger partial charge in [0.25, 0.3) is 5.91 Å². The summed E-state index contributed by atoms with van der Waals surface area (Å²) in [6.07, 6.45) is 1.55. The van der Waals surface area contributed by atoms with Crippen LogP contribution in [0.3, 0.4) is 0 Å². The van der Waals surface area contributed by atoms with Crippen molar-refractivity contribution in [3.8, 4) is 0 Å². The fourth-order valence-electron chi connectivity index (χ4n) is 1.86. The molecule has 1 saturated heterocycles. The van der Waals surface area contributed by atoms with Gasteiger partial charge in [0.1, 0.15) is 10.1 Å². The molecule has 0 radical (unpaired) electrons. The highest BCUT2D eigenvalue weighted by Crippen LogP contribution is 2.32. The second-order valence-electron chi connectivity index (χ2n) is 4.41. The quantitative estimate of drug-likeness (QED) is 0.469. The lowest BCUT2D eigenvalue weighted by molar-refractivity contribution is -0.143. The molecule has 4 nitrogen and oxygen atoms in total. The van der Waals surface area contributed by atoms with E-state index < -0.39 is 5.82 Å². The number of carbonyl (C=O) groups is 2. The van der Waals surface area contributed by atoms with Crippen molar-refractivity contribution in [1.29, 1.82) is 0 Å². The number of thioether (sulfide) groups is 1. The number of nitrogens with zero attached hydrogens (tertiary/aromatic N) is 1. The lowest BCUT2D eigenvalue weighted by Gasteiger charge is -2.13. The molecule has 0 aromatic heterocycles. The third-order valence-corrected chi connectivity index (χ3v) is 4.29. The molecule has 0 atom stereocenters. The molecule has 1 aromatic carbocycles. The van der Waals surface area contributed by atoms with E-state index in [1.54, 1.807) is 25.1 Å². The molecule has 0 N–H and O–H groups in total. The highest BCUT2D eigenvalue weighted by molar-refractivity contribution is 8.26. The molecule has 0 unspecified atom stereocenters. The molecule has 22 heavy (non-hydrogen) atoms. The lowest BCUT2D eigenvalue weighted by Crippen LogP contribution is -2.30. The van der Waals surface area contributed by atoms with Gasteiger partial charge < -0.3 is 4.74 Å². The van der Waals surface area contributed by atoms with E-state index in [0.29, 0.717) is 21.4 Å². The first-order chi connectivity index (χ1) is 10.5. The Bertz CT molecular complexity index is 645. The summed E-state index contributed by atoms with van der Waals surface area (Å²) < 4.78 is 18.8. The zero-order valence-corrected chi connectivity index (χ0v) is 13.5. The van der Waals surface area contributed by atoms with Crippen LogP contribution in [0.2, 0.25) is 0 Å². The van der Waals surface area contributed by atoms with Crippen LogP contribution >= 0.6 is 24.0 Å². The van der Waals surface area contributed by atoms with E-state index in [2.05, 4.69) is 0 Å². The zero-order chi connectivity index (χ0) is 16.1. The van der Waals surface area contributed by atoms with Gasteiger partial charge in [0.05, 0.1) is 17.9 Å². The van der Waals surface area contributed by atoms with Crippen LogP contribution in [0.4, 0.5) is 4.39 Å². The van der Waals surface area contributed by atoms with E-state index in [0.717, 1.165) is 11.8 Å². The minimum absolute atomic E-state index is 0.0766. The first kappa shape index (κ1) is 16.6. The van der Waals surface area contributed by atoms with Crippen molar-refractivity contribution in [3.63, 3.8) is 0 Å². The molecule has 1 aromatic rings. The summed E-state index contributed by atoms with van der Waals surface area (Å²) >= 11 is 6.24. The molecule has 116 valence electrons. The molecule has 7 heteroatoms. The second kappa shape index (κ2) is 7.51. The molecule has 1 fully saturated rings. The number of ether oxygens (including phenoxy) is 1. The Morgan fingerprint density at radius 3 is 2.86 bits per heavy atom. The number of hydrogen-bond acceptors (Lipinski definition) is 5. The molecule has 0 spiro atoms. The third kappa shape index (κ3) is 3.92. The molecule has 2 rings (SSSR count). The van der Waals surface area contributed by atoms with E-state index in [1.807, 2.05) is 0 Å². The Kier molecular flexibility index (Phi) is 5.68. The number of hydrogen-bond donors (Lipinski definition) is 0. The normalized spacial score (nSPS) is 16.5. The number of halogens is 1. The van der Waals surface area contributed by atoms with Gasteiger partial charge in [-0.05, 0) is 19.1 Å². The maximum Gasteiger partial charge on any atom is 0.307 e. The highest BCUT2D eigenvalue weighted by Gasteiger charge is 2.32. The predicted molar refractivity (Wildman–Crippen MR) is 87.5 cm³/mol. The fourth-order valence-corrected chi connectivity index (χ4v) is 3.16. The van der Waals surface area contributed by atoms with Crippen LogP contribution < -0.4 is 0 Å². The monoisotopic (exact) mass is 339 g/mol. The van der Waals surface area contributed by atoms with Crippen molar-refractivity contribution in [2.24, 2.45) is 0 Å². The summed E-state index contributed by atoms with van der Waals surface area (Å²) in [7, 11) is 0. The zero-order valence-electron chi connectivity index (χ0n) is 11.9. The number of amides is 1. The van der Waals surface area contributed by atoms with Crippen molar-refractivity contribution in [2.75, 3.05) is 13.2 Å². The van der Waals surface area contributed by atoms with Gasteiger partial charge in [-0.1, -0.05) is 42.2 Å². The second-order valence-corrected chi connectivity index (χ2v) is 6.09. The van der Waals surface area contributed by atoms with Gasteiger partial charge in [0.15, 0.2) is 0 Å². The van der Waals surface area contributed by atoms with E-state index in [9.17, 15) is 14.0 Å². The molecular weight excluding hydrogens is 325 g/mol. The van der Waals surface area contributed by atoms with Crippen molar-refractivity contribution < 1.29 is 18.7 Å². The maximum atomic E-state index is 13.6. The Hall–Kier alpha value is -1.73. The number of carbonyl (C=O) groups excluding carboxylic acids is 2. The van der Waals surface area contributed by atoms with Crippen molar-refractivity contribution in [1.82, 2.24) is 4.90 Å². The molecular formula is C15H14FNO3S2. The molecule has 0 aliphatic carbocycles. The van der Waals surface area contributed by atoms with Crippen LogP contribution in [0.15, 0.2) is 29.2 Å². The van der Waals surface area contributed by atoms with Crippen molar-refractivity contribution in [2.45, 2.75) is 13.3 Å². The average Bonchev–Trinajstić information content (AvgIpc) is 2.74. The van der Waals surface area contributed by atoms with Crippen LogP contribution in [-0.4, -0.2) is 34.2 Å². The maximum absolute atomic E-state index is 13.6. The van der Waals surface area contributed by atoms with Crippen molar-refractivity contribution in [3.05, 3.63) is 40.6 Å². The van der Waals surface area contributed by atoms with E-state index in [4.69, 9.17) is 17.0 Å². The van der Waals surface area contributed by atoms with Gasteiger partial charge in [-0.2, -0.15) is 0 Å². The minimum atomic E-state index is -0.403. The summed E-state index contributed by atoms with van der Waals surface area (Å²) in [6.45, 7) is 2.18. The van der Waals surface area contributed by atoms with Crippen LogP contribution in [0.25, 0.3) is 6.08 Å². The topological polar surface area (TPSA) is 46.6 Å². The Morgan fingerprint density at radius 1 is 1.45 bits per heavy atom. The standard InChI is InChI=1S/C15H14FNO3S2/c1-2-20-13(18)7-8-17-14(19)12(22-15(17)21)9-10-5-3-4-6-11(10)16/h3-6,9H,2,7-8H2,1H3/b12-9+. The van der Waals surface area contributed by atoms with Crippen LogP contribution in [-0.2, 0) is 14.3 Å². The predicted octanol–water partition coefficient (Wildman–Crippen LogP) is 2.98. The van der Waals surface area contributed by atoms with Gasteiger partial charge in [-0.3, -0.25) is 14.5 Å². The lowest BCUT2D eigenvalue weighted by atomic mass is 10.2. The van der Waals surface area contributed by atoms with E-state index >= 15 is 0 Å². The summed E-state index contributed by atoms with van der Waals surface area (Å²) in [5.74, 6) is -1.10. The van der Waals surface area contributed by atoms with Gasteiger partial charge >= 0.3 is 5.97 Å². The smallest absolute Gasteiger partial charge is 0.307 e. The average molecular weight is 339 g/mol. The van der Waals surface area contributed by atoms with Gasteiger partial charge in [-0.25, -0.2) is 4.39 Å². The largest absolute Gasteiger partial charge is 0.466 e. The molecule has 1 aliphatic rings. The summed E-state index contributed by atoms with van der Waals surface area (Å²) in [5.41, 5.74) is 0.327. The Labute approximate surface area is 137 Å². The summed E-state index contributed by atoms with van der Waals surface area (Å²) in [5, 5.41) is 0. The van der Waals surface area contributed by atoms with Crippen molar-refractivity contribution >= 4 is 46.3 Å². The van der Waals surface area contributed by atoms with Crippen LogP contribution in [0, 0.1) is 5.82 Å². The Morgan fingerprint density at radius 2 is 2.18 bits per heavy atom. The number of thiocarbonyl (C=S) groups is 1. The SMILES string of the molecule is CCOC(=O)CCN1C(=O)/C(=C\c2ccccc2F)SC1=S. The van der Waals surface area contributed by atoms with Crippen LogP contribution in [0.5, 0.6) is 0 Å². The highest BCUT2D eigenvalue weighted by atomic mass is 32.2. The van der Waals surface area contributed by atoms with E-state index in [-0.39, 0.29) is 24.8 Å². The summed E-state index contributed by atoms with van der Waals surface area (Å²) in [4.78, 5) is 25.3. The van der Waals surface area contributed by atoms with Crippen LogP contribution in [0.1, 0.15) is 18.9 Å². The molecule has 0 bridgehead atoms. The van der Waals surface area contributed by atoms with Gasteiger partial charge in [0, 0.05) is 12.1 Å². The number of rotatable bonds is 5. The summed E-state index contributed by atoms with van der Waals surface area (Å²) in [6, 6.07) is 6.18. The molecule has 1 heterocycles. The molecule has 1 amide bonds. The molecule has 1 aliphatic heterocycles. The Balaban J connectivity index is 2.09. The van der Waals surface area contributed by atoms with Gasteiger partial charge in [-0.15, -0.1) is 0 Å². The fraction of sp³-hybridized carbons (Fsp3) is 0.267. The first-order valence-corrected chi connectivity index (χ1v) is 7.91. The third-order valence-electron chi connectivity index (χ3n) is 2.91. The number of esters is 1. The number of benzene rings is 1. The van der Waals surface area contributed by atoms with E-state index in [1.165, 1.54) is 17.0 Å². The minimum Gasteiger partial charge on any atom is -0.466 e. The first-order valence-electron chi connectivity index (χ1n) is 6.68. The van der Waals surface area contributed by atoms with Gasteiger partial charge in [0.2, 0.25) is 0 Å².